The molecule has 3 N–H and O–H groups in total. The van der Waals surface area contributed by atoms with Crippen LogP contribution in [0.2, 0.25) is 0 Å². The number of nitrogens with one attached hydrogen (secondary N) is 3. The second-order valence-corrected chi connectivity index (χ2v) is 5.72. The minimum atomic E-state index is -0.264. The quantitative estimate of drug-likeness (QED) is 0.601. The first-order valence-corrected chi connectivity index (χ1v) is 8.47. The van der Waals surface area contributed by atoms with Gasteiger partial charge in [0.25, 0.3) is 0 Å². The molecule has 0 bridgehead atoms. The Balaban J connectivity index is 1.88. The molecule has 0 saturated heterocycles. The van der Waals surface area contributed by atoms with Crippen molar-refractivity contribution in [2.75, 3.05) is 17.2 Å². The van der Waals surface area contributed by atoms with Gasteiger partial charge in [0.1, 0.15) is 6.04 Å². The molecule has 0 aliphatic rings. The van der Waals surface area contributed by atoms with E-state index >= 15 is 0 Å². The average Bonchev–Trinajstić information content (AvgIpc) is 3.09. The van der Waals surface area contributed by atoms with E-state index in [2.05, 4.69) is 39.6 Å². The third kappa shape index (κ3) is 5.95. The molecule has 25 heavy (non-hydrogen) atoms. The third-order valence-corrected chi connectivity index (χ3v) is 3.54. The van der Waals surface area contributed by atoms with E-state index in [1.54, 1.807) is 6.08 Å². The topological polar surface area (TPSA) is 92.1 Å². The zero-order valence-electron chi connectivity index (χ0n) is 14.7. The molecule has 0 aliphatic carbocycles. The second-order valence-electron chi connectivity index (χ2n) is 5.72. The highest BCUT2D eigenvalue weighted by molar-refractivity contribution is 5.89. The summed E-state index contributed by atoms with van der Waals surface area (Å²) < 4.78 is 5.31. The average molecular weight is 343 g/mol. The fraction of sp³-hybridized carbons (Fsp3) is 0.389. The molecule has 1 aromatic heterocycles. The number of anilines is 2. The molecule has 2 rings (SSSR count). The highest BCUT2D eigenvalue weighted by Crippen LogP contribution is 2.20. The van der Waals surface area contributed by atoms with E-state index in [-0.39, 0.29) is 12.1 Å². The van der Waals surface area contributed by atoms with Gasteiger partial charge >= 0.3 is 6.03 Å². The Morgan fingerprint density at radius 2 is 2.04 bits per heavy atom. The van der Waals surface area contributed by atoms with Crippen molar-refractivity contribution in [3.63, 3.8) is 0 Å². The van der Waals surface area contributed by atoms with Crippen molar-refractivity contribution < 1.29 is 9.32 Å². The highest BCUT2D eigenvalue weighted by atomic mass is 16.5. The number of aryl methyl sites for hydroxylation is 1. The van der Waals surface area contributed by atoms with Crippen LogP contribution >= 0.6 is 0 Å². The monoisotopic (exact) mass is 343 g/mol. The number of hydrogen-bond acceptors (Lipinski definition) is 5. The Labute approximate surface area is 147 Å². The number of rotatable bonds is 9. The highest BCUT2D eigenvalue weighted by Gasteiger charge is 2.14. The molecule has 7 nitrogen and oxygen atoms in total. The minimum Gasteiger partial charge on any atom is -0.374 e. The van der Waals surface area contributed by atoms with Crippen molar-refractivity contribution in [3.05, 3.63) is 48.6 Å². The van der Waals surface area contributed by atoms with Crippen LogP contribution in [0.3, 0.4) is 0 Å². The van der Waals surface area contributed by atoms with Crippen LogP contribution in [-0.2, 0) is 6.42 Å². The first-order valence-electron chi connectivity index (χ1n) is 8.47. The fourth-order valence-corrected chi connectivity index (χ4v) is 2.18. The molecule has 2 amide bonds. The molecule has 134 valence electrons. The van der Waals surface area contributed by atoms with Crippen LogP contribution in [0.5, 0.6) is 0 Å². The normalized spacial score (nSPS) is 11.6. The lowest BCUT2D eigenvalue weighted by Gasteiger charge is -2.12. The number of carbonyl (C=O) groups excluding carboxylic acids is 1. The Kier molecular flexibility index (Phi) is 7.00. The number of aromatic nitrogens is 2. The van der Waals surface area contributed by atoms with E-state index in [4.69, 9.17) is 4.52 Å². The largest absolute Gasteiger partial charge is 0.374 e. The molecule has 0 fully saturated rings. The zero-order valence-corrected chi connectivity index (χ0v) is 14.7. The van der Waals surface area contributed by atoms with E-state index in [0.29, 0.717) is 18.1 Å². The van der Waals surface area contributed by atoms with Gasteiger partial charge in [-0.3, -0.25) is 0 Å². The van der Waals surface area contributed by atoms with Gasteiger partial charge in [-0.05, 0) is 37.6 Å². The molecule has 2 aromatic rings. The lowest BCUT2D eigenvalue weighted by molar-refractivity contribution is 0.253. The van der Waals surface area contributed by atoms with Crippen LogP contribution in [-0.4, -0.2) is 22.7 Å². The van der Waals surface area contributed by atoms with Crippen molar-refractivity contribution >= 4 is 17.4 Å². The SMILES string of the molecule is C=CCNC(=O)Nc1ccc(NC(C)c2nc(CCCC)no2)cc1. The van der Waals surface area contributed by atoms with Gasteiger partial charge in [-0.1, -0.05) is 24.6 Å². The Hall–Kier alpha value is -2.83. The number of unbranched alkanes of at least 4 members (excludes halogenated alkanes) is 1. The van der Waals surface area contributed by atoms with Gasteiger partial charge in [-0.2, -0.15) is 4.98 Å². The standard InChI is InChI=1S/C18H25N5O2/c1-4-6-7-16-22-17(25-23-16)13(3)20-14-8-10-15(11-9-14)21-18(24)19-12-5-2/h5,8-11,13,20H,2,4,6-7,12H2,1,3H3,(H2,19,21,24). The van der Waals surface area contributed by atoms with Gasteiger partial charge in [0.2, 0.25) is 5.89 Å². The van der Waals surface area contributed by atoms with E-state index in [0.717, 1.165) is 30.8 Å². The molecule has 0 saturated carbocycles. The summed E-state index contributed by atoms with van der Waals surface area (Å²) >= 11 is 0. The maximum absolute atomic E-state index is 11.6. The Morgan fingerprint density at radius 3 is 2.72 bits per heavy atom. The predicted molar refractivity (Wildman–Crippen MR) is 98.6 cm³/mol. The van der Waals surface area contributed by atoms with Gasteiger partial charge in [-0.25, -0.2) is 4.79 Å². The summed E-state index contributed by atoms with van der Waals surface area (Å²) in [5, 5.41) is 12.7. The summed E-state index contributed by atoms with van der Waals surface area (Å²) in [4.78, 5) is 16.0. The first kappa shape index (κ1) is 18.5. The van der Waals surface area contributed by atoms with E-state index < -0.39 is 0 Å². The molecule has 0 spiro atoms. The summed E-state index contributed by atoms with van der Waals surface area (Å²) in [6.45, 7) is 8.07. The maximum Gasteiger partial charge on any atom is 0.319 e. The van der Waals surface area contributed by atoms with Crippen LogP contribution in [0, 0.1) is 0 Å². The summed E-state index contributed by atoms with van der Waals surface area (Å²) in [6, 6.07) is 7.05. The number of hydrogen-bond donors (Lipinski definition) is 3. The third-order valence-electron chi connectivity index (χ3n) is 3.54. The van der Waals surface area contributed by atoms with Gasteiger partial charge in [-0.15, -0.1) is 6.58 Å². The molecule has 0 radical (unpaired) electrons. The summed E-state index contributed by atoms with van der Waals surface area (Å²) in [7, 11) is 0. The molecular formula is C18H25N5O2. The summed E-state index contributed by atoms with van der Waals surface area (Å²) in [6.07, 6.45) is 4.61. The lowest BCUT2D eigenvalue weighted by atomic mass is 10.2. The Morgan fingerprint density at radius 1 is 1.32 bits per heavy atom. The van der Waals surface area contributed by atoms with E-state index in [1.807, 2.05) is 31.2 Å². The van der Waals surface area contributed by atoms with E-state index in [9.17, 15) is 4.79 Å². The van der Waals surface area contributed by atoms with Gasteiger partial charge in [0, 0.05) is 24.3 Å². The Bertz CT molecular complexity index is 681. The maximum atomic E-state index is 11.6. The molecular weight excluding hydrogens is 318 g/mol. The molecule has 1 heterocycles. The molecule has 1 aromatic carbocycles. The number of nitrogens with zero attached hydrogens (tertiary/aromatic N) is 2. The van der Waals surface area contributed by atoms with Gasteiger partial charge in [0.05, 0.1) is 0 Å². The van der Waals surface area contributed by atoms with Crippen LogP contribution in [0.25, 0.3) is 0 Å². The van der Waals surface area contributed by atoms with Crippen LogP contribution in [0.15, 0.2) is 41.4 Å². The molecule has 7 heteroatoms. The van der Waals surface area contributed by atoms with Crippen LogP contribution in [0.4, 0.5) is 16.2 Å². The van der Waals surface area contributed by atoms with Crippen molar-refractivity contribution in [1.82, 2.24) is 15.5 Å². The lowest BCUT2D eigenvalue weighted by Crippen LogP contribution is -2.28. The number of amides is 2. The molecule has 0 aliphatic heterocycles. The summed E-state index contributed by atoms with van der Waals surface area (Å²) in [5.74, 6) is 1.31. The second kappa shape index (κ2) is 9.46. The van der Waals surface area contributed by atoms with E-state index in [1.165, 1.54) is 0 Å². The predicted octanol–water partition coefficient (Wildman–Crippen LogP) is 3.89. The van der Waals surface area contributed by atoms with Gasteiger partial charge < -0.3 is 20.5 Å². The minimum absolute atomic E-state index is 0.0995. The fourth-order valence-electron chi connectivity index (χ4n) is 2.18. The van der Waals surface area contributed by atoms with Gasteiger partial charge in [0.15, 0.2) is 5.82 Å². The van der Waals surface area contributed by atoms with Crippen molar-refractivity contribution in [2.45, 2.75) is 39.2 Å². The summed E-state index contributed by atoms with van der Waals surface area (Å²) in [5.41, 5.74) is 1.61. The molecule has 1 atom stereocenters. The van der Waals surface area contributed by atoms with Crippen molar-refractivity contribution in [2.24, 2.45) is 0 Å². The van der Waals surface area contributed by atoms with Crippen molar-refractivity contribution in [3.8, 4) is 0 Å². The number of urea groups is 1. The first-order chi connectivity index (χ1) is 12.1. The molecule has 1 unspecified atom stereocenters. The number of carbonyl (C=O) groups is 1. The van der Waals surface area contributed by atoms with Crippen LogP contribution in [0.1, 0.15) is 44.4 Å². The zero-order chi connectivity index (χ0) is 18.1. The van der Waals surface area contributed by atoms with Crippen molar-refractivity contribution in [1.29, 1.82) is 0 Å². The number of benzene rings is 1. The van der Waals surface area contributed by atoms with Crippen LogP contribution < -0.4 is 16.0 Å². The smallest absolute Gasteiger partial charge is 0.319 e.